The van der Waals surface area contributed by atoms with Crippen molar-refractivity contribution in [1.29, 1.82) is 0 Å². The van der Waals surface area contributed by atoms with E-state index in [-0.39, 0.29) is 5.56 Å². The molecule has 0 radical (unpaired) electrons. The third kappa shape index (κ3) is 4.70. The molecule has 0 atom stereocenters. The van der Waals surface area contributed by atoms with Crippen molar-refractivity contribution >= 4 is 11.9 Å². The zero-order valence-corrected chi connectivity index (χ0v) is 12.0. The number of rotatable bonds is 6. The molecule has 0 fully saturated rings. The fourth-order valence-electron chi connectivity index (χ4n) is 1.95. The van der Waals surface area contributed by atoms with Crippen LogP contribution >= 0.6 is 0 Å². The molecule has 0 saturated carbocycles. The van der Waals surface area contributed by atoms with Crippen LogP contribution in [0.4, 0.5) is 8.78 Å². The van der Waals surface area contributed by atoms with Gasteiger partial charge in [-0.1, -0.05) is 0 Å². The SMILES string of the molecule is Cc1cc(C(=O)N(C)CC(F)F)cc(C)c1OCC(=O)O. The van der Waals surface area contributed by atoms with Gasteiger partial charge in [-0.25, -0.2) is 13.6 Å². The monoisotopic (exact) mass is 301 g/mol. The Kier molecular flexibility index (Phi) is 5.63. The molecular formula is C14H17F2NO4. The third-order valence-electron chi connectivity index (χ3n) is 2.81. The quantitative estimate of drug-likeness (QED) is 0.874. The molecule has 1 amide bonds. The molecule has 0 heterocycles. The van der Waals surface area contributed by atoms with Gasteiger partial charge in [-0.05, 0) is 37.1 Å². The van der Waals surface area contributed by atoms with Gasteiger partial charge in [0, 0.05) is 12.6 Å². The normalized spacial score (nSPS) is 10.6. The first-order chi connectivity index (χ1) is 9.72. The van der Waals surface area contributed by atoms with Crippen molar-refractivity contribution < 1.29 is 28.2 Å². The first-order valence-electron chi connectivity index (χ1n) is 6.21. The summed E-state index contributed by atoms with van der Waals surface area (Å²) in [6.07, 6.45) is -2.60. The minimum absolute atomic E-state index is 0.260. The fraction of sp³-hybridized carbons (Fsp3) is 0.429. The van der Waals surface area contributed by atoms with Crippen molar-refractivity contribution in [1.82, 2.24) is 4.90 Å². The molecule has 0 bridgehead atoms. The molecule has 0 aliphatic carbocycles. The summed E-state index contributed by atoms with van der Waals surface area (Å²) >= 11 is 0. The summed E-state index contributed by atoms with van der Waals surface area (Å²) in [5, 5.41) is 8.60. The Morgan fingerprint density at radius 3 is 2.24 bits per heavy atom. The molecule has 1 aromatic carbocycles. The first-order valence-corrected chi connectivity index (χ1v) is 6.21. The van der Waals surface area contributed by atoms with Crippen LogP contribution < -0.4 is 4.74 Å². The maximum Gasteiger partial charge on any atom is 0.341 e. The zero-order valence-electron chi connectivity index (χ0n) is 12.0. The van der Waals surface area contributed by atoms with Gasteiger partial charge in [0.25, 0.3) is 12.3 Å². The maximum atomic E-state index is 12.3. The molecule has 21 heavy (non-hydrogen) atoms. The van der Waals surface area contributed by atoms with Crippen molar-refractivity contribution in [2.24, 2.45) is 0 Å². The highest BCUT2D eigenvalue weighted by molar-refractivity contribution is 5.94. The van der Waals surface area contributed by atoms with Gasteiger partial charge in [-0.2, -0.15) is 0 Å². The number of aliphatic carboxylic acids is 1. The molecule has 0 aromatic heterocycles. The van der Waals surface area contributed by atoms with E-state index in [9.17, 15) is 18.4 Å². The summed E-state index contributed by atoms with van der Waals surface area (Å²) in [6.45, 7) is 2.19. The van der Waals surface area contributed by atoms with Crippen molar-refractivity contribution in [2.45, 2.75) is 20.3 Å². The van der Waals surface area contributed by atoms with Crippen LogP contribution in [0.25, 0.3) is 0 Å². The highest BCUT2D eigenvalue weighted by atomic mass is 19.3. The lowest BCUT2D eigenvalue weighted by Gasteiger charge is -2.18. The molecule has 1 N–H and O–H groups in total. The zero-order chi connectivity index (χ0) is 16.2. The van der Waals surface area contributed by atoms with Crippen LogP contribution in [0.2, 0.25) is 0 Å². The Labute approximate surface area is 121 Å². The van der Waals surface area contributed by atoms with Gasteiger partial charge in [0.2, 0.25) is 0 Å². The van der Waals surface area contributed by atoms with E-state index in [0.29, 0.717) is 16.9 Å². The summed E-state index contributed by atoms with van der Waals surface area (Å²) in [7, 11) is 1.30. The summed E-state index contributed by atoms with van der Waals surface area (Å²) in [6, 6.07) is 2.99. The molecule has 0 aliphatic rings. The van der Waals surface area contributed by atoms with Crippen molar-refractivity contribution in [3.05, 3.63) is 28.8 Å². The van der Waals surface area contributed by atoms with Crippen molar-refractivity contribution in [3.8, 4) is 5.75 Å². The van der Waals surface area contributed by atoms with Crippen LogP contribution in [-0.4, -0.2) is 48.5 Å². The van der Waals surface area contributed by atoms with Crippen LogP contribution in [0.3, 0.4) is 0 Å². The number of carboxylic acids is 1. The Balaban J connectivity index is 2.97. The molecule has 5 nitrogen and oxygen atoms in total. The van der Waals surface area contributed by atoms with E-state index in [1.807, 2.05) is 0 Å². The molecule has 0 spiro atoms. The van der Waals surface area contributed by atoms with Crippen LogP contribution in [0, 0.1) is 13.8 Å². The lowest BCUT2D eigenvalue weighted by Crippen LogP contribution is -2.31. The largest absolute Gasteiger partial charge is 0.481 e. The van der Waals surface area contributed by atoms with Crippen LogP contribution in [0.5, 0.6) is 5.75 Å². The number of halogens is 2. The summed E-state index contributed by atoms with van der Waals surface area (Å²) < 4.78 is 29.7. The number of carbonyl (C=O) groups excluding carboxylic acids is 1. The van der Waals surface area contributed by atoms with E-state index in [4.69, 9.17) is 9.84 Å². The molecule has 1 rings (SSSR count). The summed E-state index contributed by atoms with van der Waals surface area (Å²) in [5.41, 5.74) is 1.41. The first kappa shape index (κ1) is 16.9. The van der Waals surface area contributed by atoms with E-state index in [2.05, 4.69) is 0 Å². The maximum absolute atomic E-state index is 12.3. The smallest absolute Gasteiger partial charge is 0.341 e. The number of hydrogen-bond donors (Lipinski definition) is 1. The van der Waals surface area contributed by atoms with E-state index in [0.717, 1.165) is 4.90 Å². The molecule has 0 aliphatic heterocycles. The van der Waals surface area contributed by atoms with Crippen LogP contribution in [-0.2, 0) is 4.79 Å². The second-order valence-corrected chi connectivity index (χ2v) is 4.70. The molecular weight excluding hydrogens is 284 g/mol. The molecule has 7 heteroatoms. The highest BCUT2D eigenvalue weighted by Gasteiger charge is 2.18. The van der Waals surface area contributed by atoms with Crippen LogP contribution in [0.1, 0.15) is 21.5 Å². The topological polar surface area (TPSA) is 66.8 Å². The minimum atomic E-state index is -2.60. The molecule has 0 saturated heterocycles. The number of ether oxygens (including phenoxy) is 1. The summed E-state index contributed by atoms with van der Waals surface area (Å²) in [4.78, 5) is 23.5. The number of aryl methyl sites for hydroxylation is 2. The van der Waals surface area contributed by atoms with Crippen molar-refractivity contribution in [3.63, 3.8) is 0 Å². The molecule has 1 aromatic rings. The van der Waals surface area contributed by atoms with Gasteiger partial charge in [0.15, 0.2) is 6.61 Å². The predicted octanol–water partition coefficient (Wildman–Crippen LogP) is 2.10. The number of nitrogens with zero attached hydrogens (tertiary/aromatic N) is 1. The minimum Gasteiger partial charge on any atom is -0.481 e. The van der Waals surface area contributed by atoms with Crippen LogP contribution in [0.15, 0.2) is 12.1 Å². The Bertz CT molecular complexity index is 523. The van der Waals surface area contributed by atoms with E-state index in [1.54, 1.807) is 13.8 Å². The van der Waals surface area contributed by atoms with Gasteiger partial charge in [0.05, 0.1) is 6.54 Å². The molecule has 116 valence electrons. The van der Waals surface area contributed by atoms with Gasteiger partial charge >= 0.3 is 5.97 Å². The number of alkyl halides is 2. The van der Waals surface area contributed by atoms with Gasteiger partial charge in [-0.3, -0.25) is 4.79 Å². The van der Waals surface area contributed by atoms with E-state index in [1.165, 1.54) is 19.2 Å². The van der Waals surface area contributed by atoms with Gasteiger partial charge < -0.3 is 14.7 Å². The Morgan fingerprint density at radius 1 is 1.29 bits per heavy atom. The lowest BCUT2D eigenvalue weighted by molar-refractivity contribution is -0.139. The lowest BCUT2D eigenvalue weighted by atomic mass is 10.0. The van der Waals surface area contributed by atoms with Gasteiger partial charge in [0.1, 0.15) is 5.75 Å². The molecule has 0 unspecified atom stereocenters. The predicted molar refractivity (Wildman–Crippen MR) is 72.0 cm³/mol. The highest BCUT2D eigenvalue weighted by Crippen LogP contribution is 2.25. The number of carboxylic acid groups (broad SMARTS) is 1. The van der Waals surface area contributed by atoms with E-state index >= 15 is 0 Å². The number of amides is 1. The fourth-order valence-corrected chi connectivity index (χ4v) is 1.95. The van der Waals surface area contributed by atoms with E-state index < -0.39 is 31.5 Å². The average molecular weight is 301 g/mol. The third-order valence-corrected chi connectivity index (χ3v) is 2.81. The number of carbonyl (C=O) groups is 2. The second-order valence-electron chi connectivity index (χ2n) is 4.70. The van der Waals surface area contributed by atoms with Crippen molar-refractivity contribution in [2.75, 3.05) is 20.2 Å². The summed E-state index contributed by atoms with van der Waals surface area (Å²) in [5.74, 6) is -1.25. The number of hydrogen-bond acceptors (Lipinski definition) is 3. The Morgan fingerprint density at radius 2 is 1.81 bits per heavy atom. The average Bonchev–Trinajstić information content (AvgIpc) is 2.35. The van der Waals surface area contributed by atoms with Gasteiger partial charge in [-0.15, -0.1) is 0 Å². The standard InChI is InChI=1S/C14H17F2NO4/c1-8-4-10(14(20)17(3)6-11(15)16)5-9(2)13(8)21-7-12(18)19/h4-5,11H,6-7H2,1-3H3,(H,18,19). The Hall–Kier alpha value is -2.18. The second kappa shape index (κ2) is 7.01. The number of benzene rings is 1.